The second kappa shape index (κ2) is 9.03. The number of imide groups is 1. The van der Waals surface area contributed by atoms with Crippen LogP contribution in [0.25, 0.3) is 0 Å². The summed E-state index contributed by atoms with van der Waals surface area (Å²) >= 11 is 1.54. The van der Waals surface area contributed by atoms with Crippen molar-refractivity contribution in [3.05, 3.63) is 51.4 Å². The minimum Gasteiger partial charge on any atom is -0.317 e. The lowest BCUT2D eigenvalue weighted by atomic mass is 9.88. The van der Waals surface area contributed by atoms with E-state index < -0.39 is 0 Å². The Labute approximate surface area is 185 Å². The van der Waals surface area contributed by atoms with Crippen molar-refractivity contribution < 1.29 is 14.4 Å². The molecule has 1 atom stereocenters. The van der Waals surface area contributed by atoms with Gasteiger partial charge in [-0.2, -0.15) is 5.26 Å². The number of anilines is 1. The Kier molecular flexibility index (Phi) is 6.19. The lowest BCUT2D eigenvalue weighted by Crippen LogP contribution is -2.30. The summed E-state index contributed by atoms with van der Waals surface area (Å²) in [6, 6.07) is 9.15. The molecule has 1 aliphatic carbocycles. The number of carbonyl (C=O) groups excluding carboxylic acids is 3. The minimum absolute atomic E-state index is 0.0936. The Bertz CT molecular complexity index is 1050. The smallest absolute Gasteiger partial charge is 0.261 e. The highest BCUT2D eigenvalue weighted by Crippen LogP contribution is 2.39. The van der Waals surface area contributed by atoms with Crippen LogP contribution in [0.1, 0.15) is 75.7 Å². The molecule has 1 aromatic heterocycles. The van der Waals surface area contributed by atoms with Crippen molar-refractivity contribution in [2.24, 2.45) is 5.92 Å². The van der Waals surface area contributed by atoms with E-state index in [4.69, 9.17) is 0 Å². The largest absolute Gasteiger partial charge is 0.317 e. The van der Waals surface area contributed by atoms with Crippen LogP contribution in [0.4, 0.5) is 5.00 Å². The number of nitriles is 1. The first kappa shape index (κ1) is 21.3. The molecule has 3 amide bonds. The highest BCUT2D eigenvalue weighted by molar-refractivity contribution is 7.16. The van der Waals surface area contributed by atoms with Crippen LogP contribution >= 0.6 is 11.3 Å². The molecular formula is C24H25N3O3S. The van der Waals surface area contributed by atoms with E-state index in [2.05, 4.69) is 18.3 Å². The predicted molar refractivity (Wildman–Crippen MR) is 119 cm³/mol. The second-order valence-corrected chi connectivity index (χ2v) is 9.44. The summed E-state index contributed by atoms with van der Waals surface area (Å²) in [5, 5.41) is 13.2. The third-order valence-electron chi connectivity index (χ3n) is 6.04. The maximum Gasteiger partial charge on any atom is 0.261 e. The summed E-state index contributed by atoms with van der Waals surface area (Å²) in [6.45, 7) is 2.58. The lowest BCUT2D eigenvalue weighted by molar-refractivity contribution is -0.116. The normalized spacial score (nSPS) is 17.3. The summed E-state index contributed by atoms with van der Waals surface area (Å²) in [6.07, 6.45) is 5.38. The molecule has 1 N–H and O–H groups in total. The monoisotopic (exact) mass is 435 g/mol. The molecule has 0 saturated heterocycles. The first-order chi connectivity index (χ1) is 15.0. The standard InChI is InChI=1S/C24H25N3O3S/c1-15-10-11-16-19(14-25)22(31-20(16)13-15)26-21(28)9-3-2-6-12-27-23(29)17-7-4-5-8-18(17)24(27)30/h4-5,7-8,15H,2-3,6,9-13H2,1H3,(H,26,28)/t15-/m1/s1. The van der Waals surface area contributed by atoms with Crippen molar-refractivity contribution in [3.63, 3.8) is 0 Å². The molecule has 1 aromatic carbocycles. The Morgan fingerprint density at radius 2 is 1.90 bits per heavy atom. The van der Waals surface area contributed by atoms with Gasteiger partial charge in [-0.05, 0) is 55.7 Å². The zero-order valence-electron chi connectivity index (χ0n) is 17.6. The molecule has 2 heterocycles. The fraction of sp³-hybridized carbons (Fsp3) is 0.417. The predicted octanol–water partition coefficient (Wildman–Crippen LogP) is 4.54. The highest BCUT2D eigenvalue weighted by atomic mass is 32.1. The van der Waals surface area contributed by atoms with Crippen molar-refractivity contribution in [2.75, 3.05) is 11.9 Å². The van der Waals surface area contributed by atoms with Crippen molar-refractivity contribution in [1.82, 2.24) is 4.90 Å². The minimum atomic E-state index is -0.238. The molecular weight excluding hydrogens is 410 g/mol. The van der Waals surface area contributed by atoms with Gasteiger partial charge in [0.25, 0.3) is 11.8 Å². The zero-order valence-corrected chi connectivity index (χ0v) is 18.4. The number of rotatable bonds is 7. The molecule has 2 aromatic rings. The number of carbonyl (C=O) groups is 3. The number of thiophene rings is 1. The first-order valence-corrected chi connectivity index (χ1v) is 11.6. The van der Waals surface area contributed by atoms with Gasteiger partial charge >= 0.3 is 0 Å². The second-order valence-electron chi connectivity index (χ2n) is 8.33. The number of unbranched alkanes of at least 4 members (excludes halogenated alkanes) is 2. The van der Waals surface area contributed by atoms with Gasteiger partial charge < -0.3 is 5.32 Å². The van der Waals surface area contributed by atoms with Crippen LogP contribution in [0.5, 0.6) is 0 Å². The molecule has 160 valence electrons. The molecule has 2 aliphatic rings. The zero-order chi connectivity index (χ0) is 22.0. The maximum atomic E-state index is 12.4. The van der Waals surface area contributed by atoms with Crippen molar-refractivity contribution >= 4 is 34.1 Å². The summed E-state index contributed by atoms with van der Waals surface area (Å²) in [5.41, 5.74) is 2.68. The highest BCUT2D eigenvalue weighted by Gasteiger charge is 2.34. The van der Waals surface area contributed by atoms with E-state index in [0.29, 0.717) is 53.4 Å². The van der Waals surface area contributed by atoms with Gasteiger partial charge in [0.05, 0.1) is 16.7 Å². The Morgan fingerprint density at radius 1 is 1.19 bits per heavy atom. The number of hydrogen-bond donors (Lipinski definition) is 1. The third-order valence-corrected chi connectivity index (χ3v) is 7.21. The molecule has 0 unspecified atom stereocenters. The van der Waals surface area contributed by atoms with Gasteiger partial charge in [-0.25, -0.2) is 0 Å². The summed E-state index contributed by atoms with van der Waals surface area (Å²) in [5.74, 6) is 0.0454. The summed E-state index contributed by atoms with van der Waals surface area (Å²) in [7, 11) is 0. The van der Waals surface area contributed by atoms with Gasteiger partial charge in [0.1, 0.15) is 11.1 Å². The van der Waals surface area contributed by atoms with Crippen molar-refractivity contribution in [1.29, 1.82) is 5.26 Å². The molecule has 1 aliphatic heterocycles. The number of fused-ring (bicyclic) bond motifs is 2. The van der Waals surface area contributed by atoms with E-state index in [1.54, 1.807) is 24.3 Å². The maximum absolute atomic E-state index is 12.4. The van der Waals surface area contributed by atoms with Crippen molar-refractivity contribution in [3.8, 4) is 6.07 Å². The molecule has 0 spiro atoms. The molecule has 7 heteroatoms. The topological polar surface area (TPSA) is 90.3 Å². The van der Waals surface area contributed by atoms with Crippen LogP contribution in [0, 0.1) is 17.2 Å². The van der Waals surface area contributed by atoms with Gasteiger partial charge in [-0.3, -0.25) is 19.3 Å². The van der Waals surface area contributed by atoms with E-state index in [9.17, 15) is 19.6 Å². The van der Waals surface area contributed by atoms with Gasteiger partial charge in [0, 0.05) is 17.8 Å². The molecule has 6 nitrogen and oxygen atoms in total. The average molecular weight is 436 g/mol. The number of nitrogens with one attached hydrogen (secondary N) is 1. The van der Waals surface area contributed by atoms with Crippen LogP contribution in [0.15, 0.2) is 24.3 Å². The van der Waals surface area contributed by atoms with E-state index in [0.717, 1.165) is 31.2 Å². The van der Waals surface area contributed by atoms with Gasteiger partial charge in [0.2, 0.25) is 5.91 Å². The van der Waals surface area contributed by atoms with Crippen LogP contribution in [0.2, 0.25) is 0 Å². The number of benzene rings is 1. The fourth-order valence-corrected chi connectivity index (χ4v) is 5.70. The average Bonchev–Trinajstić information content (AvgIpc) is 3.22. The summed E-state index contributed by atoms with van der Waals surface area (Å²) in [4.78, 5) is 39.6. The van der Waals surface area contributed by atoms with Gasteiger partial charge in [-0.1, -0.05) is 25.5 Å². The van der Waals surface area contributed by atoms with Gasteiger partial charge in [0.15, 0.2) is 0 Å². The molecule has 4 rings (SSSR count). The van der Waals surface area contributed by atoms with E-state index in [1.807, 2.05) is 0 Å². The Hall–Kier alpha value is -2.98. The third kappa shape index (κ3) is 4.26. The summed E-state index contributed by atoms with van der Waals surface area (Å²) < 4.78 is 0. The van der Waals surface area contributed by atoms with Crippen LogP contribution in [0.3, 0.4) is 0 Å². The quantitative estimate of drug-likeness (QED) is 0.511. The first-order valence-electron chi connectivity index (χ1n) is 10.8. The molecule has 0 saturated carbocycles. The number of hydrogen-bond acceptors (Lipinski definition) is 5. The van der Waals surface area contributed by atoms with E-state index >= 15 is 0 Å². The van der Waals surface area contributed by atoms with Crippen molar-refractivity contribution in [2.45, 2.75) is 51.9 Å². The molecule has 31 heavy (non-hydrogen) atoms. The number of amides is 3. The van der Waals surface area contributed by atoms with E-state index in [1.165, 1.54) is 21.1 Å². The molecule has 0 bridgehead atoms. The number of nitrogens with zero attached hydrogens (tertiary/aromatic N) is 2. The molecule has 0 fully saturated rings. The SMILES string of the molecule is C[C@@H]1CCc2c(sc(NC(=O)CCCCCN3C(=O)c4ccccc4C3=O)c2C#N)C1. The Morgan fingerprint density at radius 3 is 2.58 bits per heavy atom. The van der Waals surface area contributed by atoms with Gasteiger partial charge in [-0.15, -0.1) is 11.3 Å². The van der Waals surface area contributed by atoms with Crippen LogP contribution < -0.4 is 5.32 Å². The van der Waals surface area contributed by atoms with Crippen LogP contribution in [-0.2, 0) is 17.6 Å². The molecule has 0 radical (unpaired) electrons. The Balaban J connectivity index is 1.24. The lowest BCUT2D eigenvalue weighted by Gasteiger charge is -2.17. The fourth-order valence-electron chi connectivity index (χ4n) is 4.32. The van der Waals surface area contributed by atoms with E-state index in [-0.39, 0.29) is 17.7 Å². The van der Waals surface area contributed by atoms with Crippen LogP contribution in [-0.4, -0.2) is 29.2 Å².